The molecule has 6 heteroatoms. The van der Waals surface area contributed by atoms with Gasteiger partial charge in [0.1, 0.15) is 17.8 Å². The molecule has 3 heterocycles. The Morgan fingerprint density at radius 2 is 2.25 bits per heavy atom. The Morgan fingerprint density at radius 3 is 2.96 bits per heavy atom. The number of rotatable bonds is 4. The molecule has 1 fully saturated rings. The maximum atomic E-state index is 11.6. The first kappa shape index (κ1) is 18.9. The van der Waals surface area contributed by atoms with Gasteiger partial charge in [-0.3, -0.25) is 9.69 Å². The standard InChI is InChI=1S/C22H28N2O4/c1-4-14-11-24-9-8-15-21-17(6-5-7-19(21)26)23-22(15)18(24)10-16(14)20(12-27-3)28-13(2)25/h5-7,12,14,16,18,23,26H,4,8-11H2,1-3H3/b20-12+/t14?,16-,18?/m0/s1. The third kappa shape index (κ3) is 3.15. The molecule has 2 aliphatic rings. The molecule has 3 atom stereocenters. The molecule has 0 radical (unpaired) electrons. The number of aromatic nitrogens is 1. The van der Waals surface area contributed by atoms with Crippen molar-refractivity contribution >= 4 is 16.9 Å². The Balaban J connectivity index is 1.73. The summed E-state index contributed by atoms with van der Waals surface area (Å²) in [6, 6.07) is 5.84. The monoisotopic (exact) mass is 384 g/mol. The van der Waals surface area contributed by atoms with Crippen molar-refractivity contribution in [2.45, 2.75) is 39.2 Å². The average Bonchev–Trinajstić information content (AvgIpc) is 3.06. The van der Waals surface area contributed by atoms with Crippen molar-refractivity contribution in [3.63, 3.8) is 0 Å². The molecular formula is C22H28N2O4. The number of fused-ring (bicyclic) bond motifs is 5. The van der Waals surface area contributed by atoms with Gasteiger partial charge in [0.25, 0.3) is 0 Å². The Bertz CT molecular complexity index is 917. The van der Waals surface area contributed by atoms with Gasteiger partial charge in [-0.25, -0.2) is 0 Å². The van der Waals surface area contributed by atoms with Crippen LogP contribution < -0.4 is 0 Å². The van der Waals surface area contributed by atoms with Crippen LogP contribution in [0.3, 0.4) is 0 Å². The lowest BCUT2D eigenvalue weighted by Crippen LogP contribution is -2.46. The number of hydrogen-bond acceptors (Lipinski definition) is 5. The molecule has 1 aromatic carbocycles. The number of H-pyrrole nitrogens is 1. The largest absolute Gasteiger partial charge is 0.507 e. The fourth-order valence-electron chi connectivity index (χ4n) is 5.03. The van der Waals surface area contributed by atoms with Crippen LogP contribution in [-0.4, -0.2) is 41.2 Å². The van der Waals surface area contributed by atoms with E-state index in [-0.39, 0.29) is 17.9 Å². The molecule has 6 nitrogen and oxygen atoms in total. The van der Waals surface area contributed by atoms with Gasteiger partial charge >= 0.3 is 5.97 Å². The quantitative estimate of drug-likeness (QED) is 0.618. The highest BCUT2D eigenvalue weighted by Gasteiger charge is 2.42. The predicted octanol–water partition coefficient (Wildman–Crippen LogP) is 3.87. The van der Waals surface area contributed by atoms with Crippen LogP contribution in [0.25, 0.3) is 10.9 Å². The van der Waals surface area contributed by atoms with E-state index in [1.54, 1.807) is 19.4 Å². The van der Waals surface area contributed by atoms with E-state index in [4.69, 9.17) is 9.47 Å². The number of allylic oxidation sites excluding steroid dienone is 1. The highest BCUT2D eigenvalue weighted by atomic mass is 16.5. The molecule has 2 aromatic rings. The fraction of sp³-hybridized carbons (Fsp3) is 0.500. The predicted molar refractivity (Wildman–Crippen MR) is 107 cm³/mol. The summed E-state index contributed by atoms with van der Waals surface area (Å²) in [7, 11) is 1.58. The van der Waals surface area contributed by atoms with Crippen molar-refractivity contribution < 1.29 is 19.4 Å². The average molecular weight is 384 g/mol. The van der Waals surface area contributed by atoms with Crippen molar-refractivity contribution in [3.8, 4) is 5.75 Å². The lowest BCUT2D eigenvalue weighted by atomic mass is 9.76. The Labute approximate surface area is 165 Å². The van der Waals surface area contributed by atoms with Gasteiger partial charge in [-0.15, -0.1) is 0 Å². The summed E-state index contributed by atoms with van der Waals surface area (Å²) in [5, 5.41) is 11.3. The number of carbonyl (C=O) groups excluding carboxylic acids is 1. The SMILES string of the molecule is CCC1CN2CCc3c([nH]c4cccc(O)c34)C2C[C@@H]1/C(=C\OC)OC(C)=O. The molecule has 150 valence electrons. The lowest BCUT2D eigenvalue weighted by molar-refractivity contribution is -0.138. The number of carbonyl (C=O) groups is 1. The molecule has 2 unspecified atom stereocenters. The molecule has 0 spiro atoms. The van der Waals surface area contributed by atoms with Crippen LogP contribution in [-0.2, 0) is 20.7 Å². The van der Waals surface area contributed by atoms with Gasteiger partial charge in [0.2, 0.25) is 0 Å². The van der Waals surface area contributed by atoms with E-state index in [0.717, 1.165) is 43.3 Å². The Kier molecular flexibility index (Phi) is 5.06. The highest BCUT2D eigenvalue weighted by Crippen LogP contribution is 2.46. The van der Waals surface area contributed by atoms with E-state index < -0.39 is 0 Å². The van der Waals surface area contributed by atoms with Crippen LogP contribution in [0.2, 0.25) is 0 Å². The van der Waals surface area contributed by atoms with Crippen LogP contribution in [0.4, 0.5) is 0 Å². The number of phenolic OH excluding ortho intramolecular Hbond substituents is 1. The van der Waals surface area contributed by atoms with Crippen molar-refractivity contribution in [2.75, 3.05) is 20.2 Å². The molecule has 0 amide bonds. The molecule has 4 rings (SSSR count). The summed E-state index contributed by atoms with van der Waals surface area (Å²) in [4.78, 5) is 17.7. The number of aromatic amines is 1. The van der Waals surface area contributed by atoms with Gasteiger partial charge in [-0.1, -0.05) is 19.4 Å². The van der Waals surface area contributed by atoms with Gasteiger partial charge < -0.3 is 19.6 Å². The molecular weight excluding hydrogens is 356 g/mol. The summed E-state index contributed by atoms with van der Waals surface area (Å²) in [6.45, 7) is 5.54. The second-order valence-corrected chi connectivity index (χ2v) is 7.84. The fourth-order valence-corrected chi connectivity index (χ4v) is 5.03. The van der Waals surface area contributed by atoms with Gasteiger partial charge in [0.15, 0.2) is 0 Å². The number of methoxy groups -OCH3 is 1. The lowest BCUT2D eigenvalue weighted by Gasteiger charge is -2.46. The van der Waals surface area contributed by atoms with Gasteiger partial charge in [0, 0.05) is 42.5 Å². The molecule has 0 aliphatic carbocycles. The van der Waals surface area contributed by atoms with E-state index in [9.17, 15) is 9.90 Å². The van der Waals surface area contributed by atoms with Crippen LogP contribution in [0.5, 0.6) is 5.75 Å². The zero-order chi connectivity index (χ0) is 19.8. The molecule has 0 saturated carbocycles. The third-order valence-corrected chi connectivity index (χ3v) is 6.26. The van der Waals surface area contributed by atoms with Crippen molar-refractivity contribution in [2.24, 2.45) is 11.8 Å². The highest BCUT2D eigenvalue weighted by molar-refractivity contribution is 5.90. The first-order chi connectivity index (χ1) is 13.5. The van der Waals surface area contributed by atoms with Gasteiger partial charge in [-0.05, 0) is 36.5 Å². The van der Waals surface area contributed by atoms with Crippen LogP contribution in [0.1, 0.15) is 44.0 Å². The summed E-state index contributed by atoms with van der Waals surface area (Å²) in [5.41, 5.74) is 3.38. The minimum absolute atomic E-state index is 0.112. The molecule has 2 N–H and O–H groups in total. The van der Waals surface area contributed by atoms with Crippen molar-refractivity contribution in [3.05, 3.63) is 41.5 Å². The van der Waals surface area contributed by atoms with Gasteiger partial charge in [0.05, 0.1) is 13.2 Å². The second kappa shape index (κ2) is 7.51. The van der Waals surface area contributed by atoms with E-state index in [1.165, 1.54) is 18.2 Å². The summed E-state index contributed by atoms with van der Waals surface area (Å²) < 4.78 is 10.8. The maximum absolute atomic E-state index is 11.6. The molecule has 2 aliphatic heterocycles. The number of esters is 1. The summed E-state index contributed by atoms with van der Waals surface area (Å²) in [6.07, 6.45) is 4.36. The topological polar surface area (TPSA) is 74.8 Å². The zero-order valence-electron chi connectivity index (χ0n) is 16.7. The Hall–Kier alpha value is -2.47. The maximum Gasteiger partial charge on any atom is 0.307 e. The van der Waals surface area contributed by atoms with E-state index >= 15 is 0 Å². The first-order valence-corrected chi connectivity index (χ1v) is 10.0. The van der Waals surface area contributed by atoms with Crippen LogP contribution in [0.15, 0.2) is 30.2 Å². The van der Waals surface area contributed by atoms with Gasteiger partial charge in [-0.2, -0.15) is 0 Å². The van der Waals surface area contributed by atoms with E-state index in [2.05, 4.69) is 16.8 Å². The number of ether oxygens (including phenoxy) is 2. The number of benzene rings is 1. The molecule has 1 aromatic heterocycles. The third-order valence-electron chi connectivity index (χ3n) is 6.26. The van der Waals surface area contributed by atoms with E-state index in [0.29, 0.717) is 17.4 Å². The number of phenols is 1. The van der Waals surface area contributed by atoms with Crippen molar-refractivity contribution in [1.29, 1.82) is 0 Å². The number of piperidine rings is 1. The summed E-state index contributed by atoms with van der Waals surface area (Å²) >= 11 is 0. The minimum Gasteiger partial charge on any atom is -0.507 e. The summed E-state index contributed by atoms with van der Waals surface area (Å²) in [5.74, 6) is 1.15. The number of nitrogens with one attached hydrogen (secondary N) is 1. The second-order valence-electron chi connectivity index (χ2n) is 7.84. The normalized spacial score (nSPS) is 25.2. The van der Waals surface area contributed by atoms with Crippen LogP contribution >= 0.6 is 0 Å². The van der Waals surface area contributed by atoms with Crippen molar-refractivity contribution in [1.82, 2.24) is 9.88 Å². The number of nitrogens with zero attached hydrogens (tertiary/aromatic N) is 1. The zero-order valence-corrected chi connectivity index (χ0v) is 16.7. The van der Waals surface area contributed by atoms with E-state index in [1.807, 2.05) is 12.1 Å². The number of aromatic hydroxyl groups is 1. The number of hydrogen-bond donors (Lipinski definition) is 2. The van der Waals surface area contributed by atoms with Crippen LogP contribution in [0, 0.1) is 11.8 Å². The smallest absolute Gasteiger partial charge is 0.307 e. The first-order valence-electron chi connectivity index (χ1n) is 10.0. The minimum atomic E-state index is -0.319. The molecule has 28 heavy (non-hydrogen) atoms. The molecule has 1 saturated heterocycles. The Morgan fingerprint density at radius 1 is 1.43 bits per heavy atom. The molecule has 0 bridgehead atoms.